The average molecular weight is 336 g/mol. The van der Waals surface area contributed by atoms with Crippen molar-refractivity contribution >= 4 is 16.7 Å². The molecule has 0 amide bonds. The number of hydrogen-bond donors (Lipinski definition) is 0. The zero-order valence-electron chi connectivity index (χ0n) is 15.2. The second-order valence-corrected chi connectivity index (χ2v) is 7.01. The molecule has 2 aromatic heterocycles. The van der Waals surface area contributed by atoms with Gasteiger partial charge in [0, 0.05) is 36.9 Å². The molecular formula is C20H24N4O. The van der Waals surface area contributed by atoms with Crippen LogP contribution in [0.15, 0.2) is 48.8 Å². The third-order valence-electron chi connectivity index (χ3n) is 3.83. The maximum atomic E-state index is 5.85. The first-order valence-electron chi connectivity index (χ1n) is 8.46. The van der Waals surface area contributed by atoms with Gasteiger partial charge in [0.25, 0.3) is 0 Å². The summed E-state index contributed by atoms with van der Waals surface area (Å²) in [6.45, 7) is 7.58. The monoisotopic (exact) mass is 336 g/mol. The number of rotatable bonds is 5. The molecule has 0 N–H and O–H groups in total. The Balaban J connectivity index is 1.95. The van der Waals surface area contributed by atoms with E-state index in [4.69, 9.17) is 14.7 Å². The van der Waals surface area contributed by atoms with Crippen LogP contribution in [0.25, 0.3) is 22.3 Å². The topological polar surface area (TPSA) is 51.1 Å². The van der Waals surface area contributed by atoms with Gasteiger partial charge in [-0.05, 0) is 45.0 Å². The Bertz CT molecular complexity index is 843. The maximum absolute atomic E-state index is 5.85. The average Bonchev–Trinajstić information content (AvgIpc) is 2.60. The smallest absolute Gasteiger partial charge is 0.163 e. The zero-order chi connectivity index (χ0) is 17.9. The minimum absolute atomic E-state index is 0.143. The number of pyridine rings is 1. The zero-order valence-corrected chi connectivity index (χ0v) is 15.2. The van der Waals surface area contributed by atoms with Crippen molar-refractivity contribution in [2.45, 2.75) is 26.4 Å². The van der Waals surface area contributed by atoms with Gasteiger partial charge < -0.3 is 9.64 Å². The van der Waals surface area contributed by atoms with E-state index in [1.165, 1.54) is 0 Å². The summed E-state index contributed by atoms with van der Waals surface area (Å²) in [4.78, 5) is 15.8. The van der Waals surface area contributed by atoms with Gasteiger partial charge in [-0.1, -0.05) is 12.1 Å². The number of hydrogen-bond acceptors (Lipinski definition) is 5. The Morgan fingerprint density at radius 3 is 2.56 bits per heavy atom. The van der Waals surface area contributed by atoms with Gasteiger partial charge in [-0.2, -0.15) is 0 Å². The van der Waals surface area contributed by atoms with Gasteiger partial charge >= 0.3 is 0 Å². The first-order valence-corrected chi connectivity index (χ1v) is 8.46. The van der Waals surface area contributed by atoms with Crippen LogP contribution < -0.4 is 4.90 Å². The number of fused-ring (bicyclic) bond motifs is 1. The van der Waals surface area contributed by atoms with Crippen LogP contribution >= 0.6 is 0 Å². The van der Waals surface area contributed by atoms with Crippen LogP contribution in [-0.4, -0.2) is 40.8 Å². The molecule has 2 heterocycles. The van der Waals surface area contributed by atoms with Gasteiger partial charge in [0.15, 0.2) is 5.82 Å². The van der Waals surface area contributed by atoms with Crippen molar-refractivity contribution in [3.05, 3.63) is 48.8 Å². The summed E-state index contributed by atoms with van der Waals surface area (Å²) >= 11 is 0. The van der Waals surface area contributed by atoms with Crippen LogP contribution in [0.1, 0.15) is 20.8 Å². The van der Waals surface area contributed by atoms with Crippen LogP contribution in [-0.2, 0) is 4.74 Å². The highest BCUT2D eigenvalue weighted by atomic mass is 16.5. The molecule has 0 saturated carbocycles. The maximum Gasteiger partial charge on any atom is 0.163 e. The lowest BCUT2D eigenvalue weighted by molar-refractivity contribution is 0.00166. The molecule has 0 atom stereocenters. The van der Waals surface area contributed by atoms with Crippen molar-refractivity contribution in [3.63, 3.8) is 0 Å². The third kappa shape index (κ3) is 4.31. The summed E-state index contributed by atoms with van der Waals surface area (Å²) in [7, 11) is 2.04. The molecule has 1 aromatic carbocycles. The molecule has 3 aromatic rings. The van der Waals surface area contributed by atoms with E-state index in [2.05, 4.69) is 36.7 Å². The van der Waals surface area contributed by atoms with E-state index in [9.17, 15) is 0 Å². The molecule has 0 fully saturated rings. The first-order chi connectivity index (χ1) is 11.9. The summed E-state index contributed by atoms with van der Waals surface area (Å²) in [5.74, 6) is 1.59. The molecule has 0 aliphatic heterocycles. The molecule has 0 aliphatic carbocycles. The fourth-order valence-corrected chi connectivity index (χ4v) is 2.57. The van der Waals surface area contributed by atoms with Crippen molar-refractivity contribution < 1.29 is 4.74 Å². The normalized spacial score (nSPS) is 11.7. The van der Waals surface area contributed by atoms with E-state index in [0.29, 0.717) is 12.4 Å². The largest absolute Gasteiger partial charge is 0.374 e. The van der Waals surface area contributed by atoms with Gasteiger partial charge in [-0.15, -0.1) is 0 Å². The molecule has 0 aliphatic rings. The number of likely N-dealkylation sites (N-methyl/N-ethyl adjacent to an activating group) is 1. The van der Waals surface area contributed by atoms with Gasteiger partial charge in [0.2, 0.25) is 0 Å². The molecule has 0 saturated heterocycles. The van der Waals surface area contributed by atoms with E-state index < -0.39 is 0 Å². The van der Waals surface area contributed by atoms with Crippen LogP contribution in [0.3, 0.4) is 0 Å². The van der Waals surface area contributed by atoms with Crippen LogP contribution in [0.2, 0.25) is 0 Å². The summed E-state index contributed by atoms with van der Waals surface area (Å²) in [5.41, 5.74) is 1.69. The SMILES string of the molecule is CN(CCOC(C)(C)C)c1nc(-c2cccnc2)nc2ccccc12. The summed E-state index contributed by atoms with van der Waals surface area (Å²) < 4.78 is 5.85. The second-order valence-electron chi connectivity index (χ2n) is 7.01. The summed E-state index contributed by atoms with van der Waals surface area (Å²) in [5, 5.41) is 1.04. The number of para-hydroxylation sites is 1. The van der Waals surface area contributed by atoms with E-state index in [-0.39, 0.29) is 5.60 Å². The number of benzene rings is 1. The lowest BCUT2D eigenvalue weighted by atomic mass is 10.2. The van der Waals surface area contributed by atoms with Gasteiger partial charge in [-0.3, -0.25) is 4.98 Å². The van der Waals surface area contributed by atoms with Crippen LogP contribution in [0.5, 0.6) is 0 Å². The molecule has 0 spiro atoms. The van der Waals surface area contributed by atoms with E-state index >= 15 is 0 Å². The number of nitrogens with zero attached hydrogens (tertiary/aromatic N) is 4. The molecular weight excluding hydrogens is 312 g/mol. The minimum atomic E-state index is -0.143. The Morgan fingerprint density at radius 1 is 1.04 bits per heavy atom. The number of ether oxygens (including phenoxy) is 1. The predicted molar refractivity (Wildman–Crippen MR) is 102 cm³/mol. The minimum Gasteiger partial charge on any atom is -0.374 e. The first kappa shape index (κ1) is 17.3. The summed E-state index contributed by atoms with van der Waals surface area (Å²) in [6, 6.07) is 11.9. The van der Waals surface area contributed by atoms with Crippen molar-refractivity contribution in [3.8, 4) is 11.4 Å². The van der Waals surface area contributed by atoms with Gasteiger partial charge in [0.1, 0.15) is 5.82 Å². The van der Waals surface area contributed by atoms with E-state index in [0.717, 1.165) is 28.8 Å². The molecule has 25 heavy (non-hydrogen) atoms. The van der Waals surface area contributed by atoms with Crippen molar-refractivity contribution in [1.29, 1.82) is 0 Å². The van der Waals surface area contributed by atoms with E-state index in [1.807, 2.05) is 37.4 Å². The fourth-order valence-electron chi connectivity index (χ4n) is 2.57. The second kappa shape index (κ2) is 7.15. The fraction of sp³-hybridized carbons (Fsp3) is 0.350. The van der Waals surface area contributed by atoms with Crippen LogP contribution in [0, 0.1) is 0 Å². The van der Waals surface area contributed by atoms with Crippen molar-refractivity contribution in [1.82, 2.24) is 15.0 Å². The van der Waals surface area contributed by atoms with E-state index in [1.54, 1.807) is 12.4 Å². The Hall–Kier alpha value is -2.53. The highest BCUT2D eigenvalue weighted by Crippen LogP contribution is 2.26. The highest BCUT2D eigenvalue weighted by molar-refractivity contribution is 5.90. The molecule has 5 nitrogen and oxygen atoms in total. The Kier molecular flexibility index (Phi) is 4.95. The molecule has 5 heteroatoms. The predicted octanol–water partition coefficient (Wildman–Crippen LogP) is 3.94. The lowest BCUT2D eigenvalue weighted by Crippen LogP contribution is -2.28. The Morgan fingerprint density at radius 2 is 1.84 bits per heavy atom. The van der Waals surface area contributed by atoms with Crippen molar-refractivity contribution in [2.75, 3.05) is 25.1 Å². The van der Waals surface area contributed by atoms with Crippen molar-refractivity contribution in [2.24, 2.45) is 0 Å². The molecule has 130 valence electrons. The van der Waals surface area contributed by atoms with Gasteiger partial charge in [-0.25, -0.2) is 9.97 Å². The number of aromatic nitrogens is 3. The third-order valence-corrected chi connectivity index (χ3v) is 3.83. The van der Waals surface area contributed by atoms with Gasteiger partial charge in [0.05, 0.1) is 17.7 Å². The molecule has 0 radical (unpaired) electrons. The molecule has 3 rings (SSSR count). The molecule has 0 unspecified atom stereocenters. The highest BCUT2D eigenvalue weighted by Gasteiger charge is 2.14. The van der Waals surface area contributed by atoms with Crippen LogP contribution in [0.4, 0.5) is 5.82 Å². The standard InChI is InChI=1S/C20H24N4O/c1-20(2,3)25-13-12-24(4)19-16-9-5-6-10-17(16)22-18(23-19)15-8-7-11-21-14-15/h5-11,14H,12-13H2,1-4H3. The summed E-state index contributed by atoms with van der Waals surface area (Å²) in [6.07, 6.45) is 3.54. The lowest BCUT2D eigenvalue weighted by Gasteiger charge is -2.24. The molecule has 0 bridgehead atoms. The Labute approximate surface area is 148 Å². The number of anilines is 1. The quantitative estimate of drug-likeness (QED) is 0.706.